The maximum Gasteiger partial charge on any atom is 0.239 e. The summed E-state index contributed by atoms with van der Waals surface area (Å²) in [6.07, 6.45) is 0.612. The van der Waals surface area contributed by atoms with Crippen LogP contribution in [-0.4, -0.2) is 38.3 Å². The number of hydrogen-bond donors (Lipinski definition) is 2. The van der Waals surface area contributed by atoms with Crippen molar-refractivity contribution in [2.75, 3.05) is 23.4 Å². The fourth-order valence-electron chi connectivity index (χ4n) is 2.33. The molecule has 6 nitrogen and oxygen atoms in total. The molecule has 2 amide bonds. The van der Waals surface area contributed by atoms with Crippen molar-refractivity contribution >= 4 is 27.3 Å². The number of carbonyl (C=O) groups is 2. The molecule has 7 heteroatoms. The lowest BCUT2D eigenvalue weighted by Crippen LogP contribution is -2.35. The van der Waals surface area contributed by atoms with Crippen molar-refractivity contribution in [2.24, 2.45) is 0 Å². The number of nitrogens with one attached hydrogen (secondary N) is 2. The molecule has 138 valence electrons. The highest BCUT2D eigenvalue weighted by Crippen LogP contribution is 2.08. The highest BCUT2D eigenvalue weighted by atomic mass is 32.2. The van der Waals surface area contributed by atoms with Gasteiger partial charge in [0, 0.05) is 12.2 Å². The third-order valence-electron chi connectivity index (χ3n) is 3.62. The predicted octanol–water partition coefficient (Wildman–Crippen LogP) is 1.71. The van der Waals surface area contributed by atoms with Gasteiger partial charge in [-0.15, -0.1) is 0 Å². The van der Waals surface area contributed by atoms with Gasteiger partial charge in [0.25, 0.3) is 0 Å². The molecule has 2 rings (SSSR count). The molecule has 0 aliphatic rings. The Morgan fingerprint density at radius 1 is 0.885 bits per heavy atom. The fourth-order valence-corrected chi connectivity index (χ4v) is 3.40. The molecule has 2 aromatic carbocycles. The molecule has 0 aromatic heterocycles. The Kier molecular flexibility index (Phi) is 6.91. The van der Waals surface area contributed by atoms with Gasteiger partial charge in [-0.05, 0) is 31.0 Å². The molecule has 0 saturated carbocycles. The quantitative estimate of drug-likeness (QED) is 0.736. The summed E-state index contributed by atoms with van der Waals surface area (Å²) >= 11 is 0. The first kappa shape index (κ1) is 19.7. The molecule has 0 radical (unpaired) electrons. The lowest BCUT2D eigenvalue weighted by molar-refractivity contribution is -0.118. The zero-order chi connectivity index (χ0) is 19.0. The zero-order valence-corrected chi connectivity index (χ0v) is 15.4. The van der Waals surface area contributed by atoms with Crippen LogP contribution < -0.4 is 10.6 Å². The molecule has 2 N–H and O–H groups in total. The normalized spacial score (nSPS) is 11.0. The van der Waals surface area contributed by atoms with Gasteiger partial charge in [-0.2, -0.15) is 0 Å². The minimum absolute atomic E-state index is 0.341. The number of aryl methyl sites for hydroxylation is 1. The summed E-state index contributed by atoms with van der Waals surface area (Å²) in [5.41, 5.74) is 2.60. The summed E-state index contributed by atoms with van der Waals surface area (Å²) in [4.78, 5) is 23.7. The topological polar surface area (TPSA) is 92.3 Å². The molecule has 0 heterocycles. The second-order valence-electron chi connectivity index (χ2n) is 6.03. The zero-order valence-electron chi connectivity index (χ0n) is 14.6. The molecule has 0 fully saturated rings. The summed E-state index contributed by atoms with van der Waals surface area (Å²) in [7, 11) is -3.83. The van der Waals surface area contributed by atoms with E-state index in [0.717, 1.165) is 11.1 Å². The summed E-state index contributed by atoms with van der Waals surface area (Å²) in [6, 6.07) is 16.6. The van der Waals surface area contributed by atoms with Crippen LogP contribution in [0.25, 0.3) is 0 Å². The molecular weight excluding hydrogens is 352 g/mol. The standard InChI is InChI=1S/C19H22N2O4S/c1-15-7-9-17(10-8-15)21-19(23)14-26(24,25)13-18(22)20-12-11-16-5-3-2-4-6-16/h2-10H,11-14H2,1H3,(H,20,22)(H,21,23). The number of amides is 2. The molecule has 2 aromatic rings. The summed E-state index contributed by atoms with van der Waals surface area (Å²) in [5, 5.41) is 5.08. The lowest BCUT2D eigenvalue weighted by atomic mass is 10.1. The van der Waals surface area contributed by atoms with Crippen LogP contribution in [0.4, 0.5) is 5.69 Å². The van der Waals surface area contributed by atoms with E-state index in [9.17, 15) is 18.0 Å². The van der Waals surface area contributed by atoms with Gasteiger partial charge in [-0.25, -0.2) is 8.42 Å². The van der Waals surface area contributed by atoms with Crippen LogP contribution in [0, 0.1) is 6.92 Å². The molecule has 0 aliphatic carbocycles. The highest BCUT2D eigenvalue weighted by Gasteiger charge is 2.20. The maximum atomic E-state index is 12.0. The van der Waals surface area contributed by atoms with Crippen molar-refractivity contribution in [3.63, 3.8) is 0 Å². The van der Waals surface area contributed by atoms with Gasteiger partial charge in [0.05, 0.1) is 0 Å². The van der Waals surface area contributed by atoms with Gasteiger partial charge in [0.2, 0.25) is 11.8 Å². The molecule has 0 aliphatic heterocycles. The average Bonchev–Trinajstić information content (AvgIpc) is 2.57. The number of sulfone groups is 1. The van der Waals surface area contributed by atoms with E-state index < -0.39 is 33.2 Å². The molecule has 0 saturated heterocycles. The van der Waals surface area contributed by atoms with E-state index in [4.69, 9.17) is 0 Å². The number of carbonyl (C=O) groups excluding carboxylic acids is 2. The minimum Gasteiger partial charge on any atom is -0.355 e. The van der Waals surface area contributed by atoms with E-state index in [1.54, 1.807) is 12.1 Å². The van der Waals surface area contributed by atoms with E-state index in [2.05, 4.69) is 10.6 Å². The van der Waals surface area contributed by atoms with E-state index in [0.29, 0.717) is 18.7 Å². The monoisotopic (exact) mass is 374 g/mol. The van der Waals surface area contributed by atoms with Crippen LogP contribution in [0.2, 0.25) is 0 Å². The Morgan fingerprint density at radius 2 is 1.50 bits per heavy atom. The first-order chi connectivity index (χ1) is 12.3. The van der Waals surface area contributed by atoms with Crippen molar-refractivity contribution in [1.29, 1.82) is 0 Å². The number of rotatable bonds is 8. The van der Waals surface area contributed by atoms with E-state index in [-0.39, 0.29) is 0 Å². The van der Waals surface area contributed by atoms with E-state index in [1.807, 2.05) is 49.4 Å². The van der Waals surface area contributed by atoms with Gasteiger partial charge in [-0.1, -0.05) is 48.0 Å². The Bertz CT molecular complexity index is 847. The van der Waals surface area contributed by atoms with Gasteiger partial charge in [0.1, 0.15) is 11.5 Å². The Hall–Kier alpha value is -2.67. The third-order valence-corrected chi connectivity index (χ3v) is 5.02. The van der Waals surface area contributed by atoms with Crippen molar-refractivity contribution < 1.29 is 18.0 Å². The van der Waals surface area contributed by atoms with Gasteiger partial charge >= 0.3 is 0 Å². The van der Waals surface area contributed by atoms with Crippen LogP contribution in [0.3, 0.4) is 0 Å². The molecule has 0 unspecified atom stereocenters. The van der Waals surface area contributed by atoms with Crippen LogP contribution in [0.15, 0.2) is 54.6 Å². The van der Waals surface area contributed by atoms with Gasteiger partial charge in [-0.3, -0.25) is 9.59 Å². The Labute approximate surface area is 153 Å². The SMILES string of the molecule is Cc1ccc(NC(=O)CS(=O)(=O)CC(=O)NCCc2ccccc2)cc1. The highest BCUT2D eigenvalue weighted by molar-refractivity contribution is 7.92. The second kappa shape index (κ2) is 9.15. The predicted molar refractivity (Wildman–Crippen MR) is 102 cm³/mol. The smallest absolute Gasteiger partial charge is 0.239 e. The lowest BCUT2D eigenvalue weighted by Gasteiger charge is -2.08. The minimum atomic E-state index is -3.83. The largest absolute Gasteiger partial charge is 0.355 e. The van der Waals surface area contributed by atoms with E-state index in [1.165, 1.54) is 0 Å². The van der Waals surface area contributed by atoms with Gasteiger partial charge < -0.3 is 10.6 Å². The van der Waals surface area contributed by atoms with Crippen molar-refractivity contribution in [3.8, 4) is 0 Å². The van der Waals surface area contributed by atoms with Crippen LogP contribution >= 0.6 is 0 Å². The fraction of sp³-hybridized carbons (Fsp3) is 0.263. The molecular formula is C19H22N2O4S. The number of anilines is 1. The molecule has 0 atom stereocenters. The first-order valence-corrected chi connectivity index (χ1v) is 10.0. The number of benzene rings is 2. The summed E-state index contributed by atoms with van der Waals surface area (Å²) in [5.74, 6) is -2.70. The summed E-state index contributed by atoms with van der Waals surface area (Å²) in [6.45, 7) is 2.25. The van der Waals surface area contributed by atoms with Crippen molar-refractivity contribution in [3.05, 3.63) is 65.7 Å². The maximum absolute atomic E-state index is 12.0. The summed E-state index contributed by atoms with van der Waals surface area (Å²) < 4.78 is 24.0. The molecule has 0 spiro atoms. The van der Waals surface area contributed by atoms with Gasteiger partial charge in [0.15, 0.2) is 9.84 Å². The Balaban J connectivity index is 1.76. The van der Waals surface area contributed by atoms with E-state index >= 15 is 0 Å². The van der Waals surface area contributed by atoms with Crippen molar-refractivity contribution in [1.82, 2.24) is 5.32 Å². The first-order valence-electron chi connectivity index (χ1n) is 8.22. The second-order valence-corrected chi connectivity index (χ2v) is 8.10. The molecule has 0 bridgehead atoms. The van der Waals surface area contributed by atoms with Crippen LogP contribution in [-0.2, 0) is 25.8 Å². The molecule has 26 heavy (non-hydrogen) atoms. The number of hydrogen-bond acceptors (Lipinski definition) is 4. The third kappa shape index (κ3) is 7.06. The average molecular weight is 374 g/mol. The van der Waals surface area contributed by atoms with Crippen LogP contribution in [0.5, 0.6) is 0 Å². The Morgan fingerprint density at radius 3 is 2.15 bits per heavy atom. The van der Waals surface area contributed by atoms with Crippen molar-refractivity contribution in [2.45, 2.75) is 13.3 Å². The van der Waals surface area contributed by atoms with Crippen LogP contribution in [0.1, 0.15) is 11.1 Å².